The SMILES string of the molecule is CC(=O)CC1CC2(CCN(C(=O)OC(C)(C)C)CC2)c2c(Br)cccc21.CC(=O)CC1CC2(CCN(C(=O)OC3C4CC5CC(C4)CC3C5)CC2)c2c(Br)cccc21.CC(=O)CC1CC2(CCNCC2)c2c(Br)cccc21.CCN(CC)CC.O=C(Cl)OC1C2CC3CC(C2)CC1C3.O=C(O)CC1CC2(CCN(C(=O)OC3C4CC5CC(C4)CC3C5)CC2)c2c(Br)cccc21.[Li+].[OH-]. The molecule has 4 heterocycles. The number of Topliss-reactive ketones (excluding diaryl/α,β-unsaturated/α-hetero) is 3. The van der Waals surface area contributed by atoms with Crippen LogP contribution in [0.15, 0.2) is 90.7 Å². The Morgan fingerprint density at radius 2 is 0.652 bits per heavy atom. The number of likely N-dealkylation sites (tertiary alicyclic amines) is 3. The van der Waals surface area contributed by atoms with E-state index in [1.807, 2.05) is 41.5 Å². The number of carboxylic acid groups (broad SMARTS) is 1. The van der Waals surface area contributed by atoms with Crippen LogP contribution in [0.4, 0.5) is 19.2 Å². The van der Waals surface area contributed by atoms with Crippen molar-refractivity contribution < 1.29 is 86.7 Å². The molecule has 4 aromatic carbocycles. The number of carbonyl (C=O) groups excluding carboxylic acids is 7. The molecule has 25 heteroatoms. The van der Waals surface area contributed by atoms with Gasteiger partial charge in [-0.3, -0.25) is 4.79 Å². The van der Waals surface area contributed by atoms with Gasteiger partial charge in [0.2, 0.25) is 0 Å². The van der Waals surface area contributed by atoms with E-state index >= 15 is 0 Å². The van der Waals surface area contributed by atoms with E-state index in [9.17, 15) is 43.5 Å². The zero-order valence-electron chi connectivity index (χ0n) is 80.1. The Morgan fingerprint density at radius 3 is 0.886 bits per heavy atom. The molecule has 0 aromatic heterocycles. The van der Waals surface area contributed by atoms with Crippen LogP contribution in [0.1, 0.15) is 330 Å². The van der Waals surface area contributed by atoms with Gasteiger partial charge in [0, 0.05) is 104 Å². The maximum atomic E-state index is 13.2. The van der Waals surface area contributed by atoms with Crippen LogP contribution in [0.25, 0.3) is 0 Å². The van der Waals surface area contributed by atoms with Gasteiger partial charge >= 0.3 is 48.5 Å². The van der Waals surface area contributed by atoms with E-state index < -0.39 is 17.0 Å². The normalized spacial score (nSPS) is 31.2. The first-order valence-electron chi connectivity index (χ1n) is 50.2. The van der Waals surface area contributed by atoms with Crippen LogP contribution in [0.2, 0.25) is 0 Å². The van der Waals surface area contributed by atoms with Gasteiger partial charge in [0.05, 0.1) is 6.42 Å². The Labute approximate surface area is 836 Å². The Hall–Kier alpha value is -4.67. The summed E-state index contributed by atoms with van der Waals surface area (Å²) in [5.74, 6) is 10.1. The summed E-state index contributed by atoms with van der Waals surface area (Å²) in [7, 11) is 0. The van der Waals surface area contributed by atoms with Crippen LogP contribution in [0.5, 0.6) is 0 Å². The fourth-order valence-electron chi connectivity index (χ4n) is 30.2. The number of nitrogens with zero attached hydrogens (tertiary/aromatic N) is 4. The minimum absolute atomic E-state index is 0. The summed E-state index contributed by atoms with van der Waals surface area (Å²) in [5.41, 5.74) is 10.0. The molecule has 4 aliphatic heterocycles. The second-order valence-electron chi connectivity index (χ2n) is 44.5. The minimum Gasteiger partial charge on any atom is -0.870 e. The largest absolute Gasteiger partial charge is 1.00 e. The monoisotopic (exact) mass is 2080 g/mol. The number of ketones is 3. The van der Waals surface area contributed by atoms with Crippen LogP contribution in [0, 0.1) is 71.0 Å². The second kappa shape index (κ2) is 43.6. The Morgan fingerprint density at radius 1 is 0.402 bits per heavy atom. The molecule has 132 heavy (non-hydrogen) atoms. The van der Waals surface area contributed by atoms with E-state index in [4.69, 9.17) is 30.5 Å². The summed E-state index contributed by atoms with van der Waals surface area (Å²) in [6.07, 6.45) is 33.4. The van der Waals surface area contributed by atoms with E-state index in [1.54, 1.807) is 20.8 Å². The van der Waals surface area contributed by atoms with Gasteiger partial charge in [0.15, 0.2) is 0 Å². The van der Waals surface area contributed by atoms with Crippen LogP contribution in [0.3, 0.4) is 0 Å². The molecular formula is C107H145Br4ClLiN5O14. The molecule has 12 bridgehead atoms. The predicted octanol–water partition coefficient (Wildman–Crippen LogP) is 22.0. The van der Waals surface area contributed by atoms with Crippen molar-refractivity contribution in [2.75, 3.05) is 72.0 Å². The zero-order chi connectivity index (χ0) is 92.0. The Balaban J connectivity index is 0.000000133. The molecule has 4 unspecified atom stereocenters. The topological polar surface area (TPSA) is 249 Å². The molecule has 19 nitrogen and oxygen atoms in total. The fourth-order valence-corrected chi connectivity index (χ4v) is 33.6. The van der Waals surface area contributed by atoms with Crippen molar-refractivity contribution in [2.24, 2.45) is 71.0 Å². The van der Waals surface area contributed by atoms with Crippen LogP contribution in [-0.2, 0) is 59.8 Å². The number of hydrogen-bond donors (Lipinski definition) is 2. The number of nitrogens with one attached hydrogen (secondary N) is 1. The number of benzene rings is 4. The number of fused-ring (bicyclic) bond motifs is 8. The number of halogens is 5. The molecule has 4 aromatic rings. The Bertz CT molecular complexity index is 4540. The molecular weight excluding hydrogens is 1940 g/mol. The molecule has 12 saturated carbocycles. The van der Waals surface area contributed by atoms with E-state index in [2.05, 4.69) is 161 Å². The van der Waals surface area contributed by atoms with Crippen LogP contribution in [-0.4, -0.2) is 173 Å². The molecule has 718 valence electrons. The van der Waals surface area contributed by atoms with Crippen molar-refractivity contribution in [3.63, 3.8) is 0 Å². The molecule has 4 saturated heterocycles. The molecule has 4 atom stereocenters. The molecule has 0 radical (unpaired) electrons. The average Bonchev–Trinajstić information content (AvgIpc) is 1.23. The average molecular weight is 2090 g/mol. The van der Waals surface area contributed by atoms with Crippen molar-refractivity contribution in [3.8, 4) is 0 Å². The number of carbonyl (C=O) groups is 8. The second-order valence-corrected chi connectivity index (χ2v) is 48.2. The summed E-state index contributed by atoms with van der Waals surface area (Å²) in [5, 5.41) is 12.9. The van der Waals surface area contributed by atoms with Crippen LogP contribution >= 0.6 is 75.3 Å². The first-order chi connectivity index (χ1) is 62.1. The quantitative estimate of drug-likeness (QED) is 0.0676. The number of rotatable bonds is 14. The van der Waals surface area contributed by atoms with Crippen molar-refractivity contribution >= 4 is 122 Å². The minimum atomic E-state index is -0.741. The fraction of sp³-hybridized carbons (Fsp3) is 0.701. The van der Waals surface area contributed by atoms with E-state index in [1.165, 1.54) is 178 Å². The third-order valence-corrected chi connectivity index (χ3v) is 37.7. The number of hydrogen-bond acceptors (Lipinski definition) is 15. The van der Waals surface area contributed by atoms with E-state index in [0.717, 1.165) is 139 Å². The molecule has 16 fully saturated rings. The molecule has 3 N–H and O–H groups in total. The standard InChI is InChI=1S/C27H34BrNO3.C26H32BrNO4.C21H28BrNO3.C16H20BrNO.C11H15ClO2.C6H15N.Li.H2O/c1-16(30)9-21-15-27(24-22(21)3-2-4-23(24)28)5-7-29(8-6-27)26(31)32-25-19-11-17-10-18(13-19)14-20(25)12-17;27-21-3-1-2-20-19(13-22(29)30)14-26(23(20)21)4-6-28(7-5-26)25(31)32-24-17-9-15-8-16(11-17)12-18(24)10-15;1-14(24)12-15-13-21(18-16(15)6-5-7-17(18)22)8-10-23(11-9-21)19(25)26-20(2,3)4;1-11(19)9-12-10-16(5-7-18-8-6-16)15-13(12)3-2-4-14(15)17;12-11(13)14-10-8-2-6-1-7(4-8)5-9(10)3-6;1-4-7(5-2)6-3;;/h2-4,17-21,25H,5-15H2,1H3;1-3,15-19,24H,4-14H2,(H,29,30);5-7,15H,8-13H2,1-4H3;2-4,12,18H,5-10H2,1H3;6-10H,1-5H2;4-6H2,1-3H3;;1H2/q;;;;;;+1;/p-1. The van der Waals surface area contributed by atoms with Gasteiger partial charge in [0.1, 0.15) is 41.3 Å². The summed E-state index contributed by atoms with van der Waals surface area (Å²) >= 11 is 20.4. The first-order valence-corrected chi connectivity index (χ1v) is 53.7. The number of ether oxygens (including phenoxy) is 4. The number of amides is 3. The Kier molecular flexibility index (Phi) is 34.1. The number of aliphatic carboxylic acids is 1. The van der Waals surface area contributed by atoms with Gasteiger partial charge in [-0.05, 0) is 417 Å². The maximum absolute atomic E-state index is 13.2. The van der Waals surface area contributed by atoms with Gasteiger partial charge in [-0.15, -0.1) is 0 Å². The molecule has 3 amide bonds. The smallest absolute Gasteiger partial charge is 0.870 e. The predicted molar refractivity (Wildman–Crippen MR) is 525 cm³/mol. The third-order valence-electron chi connectivity index (χ3n) is 35.0. The first kappa shape index (κ1) is 103. The van der Waals surface area contributed by atoms with Gasteiger partial charge in [-0.25, -0.2) is 19.2 Å². The zero-order valence-corrected chi connectivity index (χ0v) is 87.2. The maximum Gasteiger partial charge on any atom is 1.00 e. The molecule has 4 spiro atoms. The number of carboxylic acids is 1. The van der Waals surface area contributed by atoms with Crippen LogP contribution < -0.4 is 24.2 Å². The molecule has 20 aliphatic rings. The van der Waals surface area contributed by atoms with E-state index in [-0.39, 0.29) is 107 Å². The van der Waals surface area contributed by atoms with Gasteiger partial charge < -0.3 is 68.8 Å². The van der Waals surface area contributed by atoms with Crippen molar-refractivity contribution in [1.29, 1.82) is 0 Å². The number of piperidine rings is 4. The third kappa shape index (κ3) is 22.7. The molecule has 24 rings (SSSR count). The van der Waals surface area contributed by atoms with Gasteiger partial charge in [-0.2, -0.15) is 0 Å². The van der Waals surface area contributed by atoms with Crippen molar-refractivity contribution in [1.82, 2.24) is 24.9 Å². The van der Waals surface area contributed by atoms with Crippen molar-refractivity contribution in [3.05, 3.63) is 135 Å². The van der Waals surface area contributed by atoms with Gasteiger partial charge in [0.25, 0.3) is 0 Å². The summed E-state index contributed by atoms with van der Waals surface area (Å²) in [6, 6.07) is 25.4. The summed E-state index contributed by atoms with van der Waals surface area (Å²) in [6.45, 7) is 27.3. The van der Waals surface area contributed by atoms with Crippen molar-refractivity contribution in [2.45, 2.75) is 331 Å². The van der Waals surface area contributed by atoms with E-state index in [0.29, 0.717) is 104 Å². The van der Waals surface area contributed by atoms with Gasteiger partial charge in [-0.1, -0.05) is 133 Å². The summed E-state index contributed by atoms with van der Waals surface area (Å²) in [4.78, 5) is 104. The summed E-state index contributed by atoms with van der Waals surface area (Å²) < 4.78 is 27.8. The molecule has 16 aliphatic carbocycles.